The Balaban J connectivity index is 2.19. The van der Waals surface area contributed by atoms with Crippen LogP contribution in [0.4, 0.5) is 5.69 Å². The van der Waals surface area contributed by atoms with Gasteiger partial charge in [-0.2, -0.15) is 0 Å². The molecule has 26 heavy (non-hydrogen) atoms. The van der Waals surface area contributed by atoms with Crippen molar-refractivity contribution < 1.29 is 9.53 Å². The molecule has 1 aromatic heterocycles. The summed E-state index contributed by atoms with van der Waals surface area (Å²) >= 11 is 6.10. The molecule has 0 amide bonds. The molecule has 3 rings (SSSR count). The zero-order valence-corrected chi connectivity index (χ0v) is 15.8. The molecule has 0 radical (unpaired) electrons. The molecular formula is C21H23ClN2O2. The number of halogens is 1. The van der Waals surface area contributed by atoms with E-state index in [0.29, 0.717) is 17.9 Å². The standard InChI is InChI=1S/C21H23ClN2O2/c1-3-21(13-11-20(25)26-2,15-7-9-16(22)10-8-15)24-14-12-17-18(23)5-4-6-19(17)24/h4-10,12,14H,3,11,13,23H2,1-2H3. The second-order valence-corrected chi connectivity index (χ2v) is 6.87. The first-order valence-corrected chi connectivity index (χ1v) is 9.08. The predicted molar refractivity (Wildman–Crippen MR) is 106 cm³/mol. The summed E-state index contributed by atoms with van der Waals surface area (Å²) in [5.41, 5.74) is 8.66. The van der Waals surface area contributed by atoms with E-state index in [2.05, 4.69) is 23.8 Å². The van der Waals surface area contributed by atoms with E-state index in [-0.39, 0.29) is 5.97 Å². The number of hydrogen-bond donors (Lipinski definition) is 1. The van der Waals surface area contributed by atoms with Crippen LogP contribution in [-0.2, 0) is 15.1 Å². The van der Waals surface area contributed by atoms with Crippen molar-refractivity contribution in [1.29, 1.82) is 0 Å². The monoisotopic (exact) mass is 370 g/mol. The number of nitrogens with two attached hydrogens (primary N) is 1. The van der Waals surface area contributed by atoms with Crippen molar-refractivity contribution in [1.82, 2.24) is 4.57 Å². The average Bonchev–Trinajstić information content (AvgIpc) is 3.09. The third-order valence-electron chi connectivity index (χ3n) is 5.16. The number of esters is 1. The van der Waals surface area contributed by atoms with Gasteiger partial charge >= 0.3 is 5.97 Å². The van der Waals surface area contributed by atoms with Crippen LogP contribution in [-0.4, -0.2) is 17.6 Å². The van der Waals surface area contributed by atoms with Gasteiger partial charge in [0, 0.05) is 28.7 Å². The summed E-state index contributed by atoms with van der Waals surface area (Å²) in [5.74, 6) is -0.215. The van der Waals surface area contributed by atoms with Gasteiger partial charge in [-0.25, -0.2) is 0 Å². The zero-order valence-electron chi connectivity index (χ0n) is 15.0. The fraction of sp³-hybridized carbons (Fsp3) is 0.286. The molecule has 0 aliphatic heterocycles. The zero-order chi connectivity index (χ0) is 18.7. The first-order valence-electron chi connectivity index (χ1n) is 8.70. The highest BCUT2D eigenvalue weighted by Gasteiger charge is 2.34. The summed E-state index contributed by atoms with van der Waals surface area (Å²) in [4.78, 5) is 11.9. The van der Waals surface area contributed by atoms with Gasteiger partial charge in [-0.1, -0.05) is 36.7 Å². The van der Waals surface area contributed by atoms with Crippen LogP contribution in [0.15, 0.2) is 54.7 Å². The summed E-state index contributed by atoms with van der Waals surface area (Å²) in [6, 6.07) is 15.8. The number of anilines is 1. The number of hydrogen-bond acceptors (Lipinski definition) is 3. The summed E-state index contributed by atoms with van der Waals surface area (Å²) in [6.45, 7) is 2.13. The molecule has 136 valence electrons. The molecule has 0 saturated carbocycles. The molecular weight excluding hydrogens is 348 g/mol. The third-order valence-corrected chi connectivity index (χ3v) is 5.42. The second kappa shape index (κ2) is 7.42. The minimum Gasteiger partial charge on any atom is -0.469 e. The molecule has 0 bridgehead atoms. The molecule has 2 N–H and O–H groups in total. The summed E-state index contributed by atoms with van der Waals surface area (Å²) in [6.07, 6.45) is 3.81. The number of ether oxygens (including phenoxy) is 1. The molecule has 3 aromatic rings. The second-order valence-electron chi connectivity index (χ2n) is 6.43. The number of aromatic nitrogens is 1. The number of methoxy groups -OCH3 is 1. The van der Waals surface area contributed by atoms with Gasteiger partial charge in [0.25, 0.3) is 0 Å². The molecule has 0 fully saturated rings. The van der Waals surface area contributed by atoms with E-state index in [1.807, 2.05) is 42.5 Å². The SMILES string of the molecule is CCC(CCC(=O)OC)(c1ccc(Cl)cc1)n1ccc2c(N)cccc21. The van der Waals surface area contributed by atoms with Crippen LogP contribution in [0, 0.1) is 0 Å². The summed E-state index contributed by atoms with van der Waals surface area (Å²) in [5, 5.41) is 1.70. The smallest absolute Gasteiger partial charge is 0.305 e. The van der Waals surface area contributed by atoms with Gasteiger partial charge in [0.15, 0.2) is 0 Å². The molecule has 5 heteroatoms. The Hall–Kier alpha value is -2.46. The number of carbonyl (C=O) groups is 1. The van der Waals surface area contributed by atoms with Crippen LogP contribution in [0.5, 0.6) is 0 Å². The number of nitrogens with zero attached hydrogens (tertiary/aromatic N) is 1. The predicted octanol–water partition coefficient (Wildman–Crippen LogP) is 4.98. The Kier molecular flexibility index (Phi) is 5.23. The van der Waals surface area contributed by atoms with Gasteiger partial charge < -0.3 is 15.0 Å². The molecule has 1 heterocycles. The Labute approximate surface area is 158 Å². The van der Waals surface area contributed by atoms with Gasteiger partial charge in [-0.3, -0.25) is 4.79 Å². The molecule has 0 aliphatic rings. The van der Waals surface area contributed by atoms with Gasteiger partial charge in [-0.15, -0.1) is 0 Å². The van der Waals surface area contributed by atoms with Crippen molar-refractivity contribution >= 4 is 34.2 Å². The van der Waals surface area contributed by atoms with Crippen LogP contribution in [0.3, 0.4) is 0 Å². The fourth-order valence-corrected chi connectivity index (χ4v) is 3.82. The van der Waals surface area contributed by atoms with Crippen LogP contribution in [0.1, 0.15) is 31.7 Å². The molecule has 1 unspecified atom stereocenters. The topological polar surface area (TPSA) is 57.2 Å². The van der Waals surface area contributed by atoms with Crippen LogP contribution < -0.4 is 5.73 Å². The van der Waals surface area contributed by atoms with Crippen LogP contribution in [0.2, 0.25) is 5.02 Å². The molecule has 0 spiro atoms. The van der Waals surface area contributed by atoms with E-state index >= 15 is 0 Å². The van der Waals surface area contributed by atoms with E-state index < -0.39 is 5.54 Å². The van der Waals surface area contributed by atoms with E-state index in [9.17, 15) is 4.79 Å². The minimum atomic E-state index is -0.395. The Morgan fingerprint density at radius 3 is 2.58 bits per heavy atom. The van der Waals surface area contributed by atoms with E-state index in [4.69, 9.17) is 22.1 Å². The molecule has 0 saturated heterocycles. The van der Waals surface area contributed by atoms with Crippen LogP contribution in [0.25, 0.3) is 10.9 Å². The van der Waals surface area contributed by atoms with E-state index in [1.165, 1.54) is 7.11 Å². The van der Waals surface area contributed by atoms with E-state index in [0.717, 1.165) is 28.6 Å². The lowest BCUT2D eigenvalue weighted by molar-refractivity contribution is -0.141. The van der Waals surface area contributed by atoms with E-state index in [1.54, 1.807) is 0 Å². The third kappa shape index (κ3) is 3.17. The lowest BCUT2D eigenvalue weighted by Gasteiger charge is -2.36. The number of fused-ring (bicyclic) bond motifs is 1. The van der Waals surface area contributed by atoms with Crippen molar-refractivity contribution in [3.05, 3.63) is 65.3 Å². The van der Waals surface area contributed by atoms with Crippen molar-refractivity contribution in [2.75, 3.05) is 12.8 Å². The number of rotatable bonds is 6. The van der Waals surface area contributed by atoms with Crippen molar-refractivity contribution in [2.24, 2.45) is 0 Å². The van der Waals surface area contributed by atoms with Crippen LogP contribution >= 0.6 is 11.6 Å². The first kappa shape index (κ1) is 18.3. The Morgan fingerprint density at radius 2 is 1.92 bits per heavy atom. The average molecular weight is 371 g/mol. The number of carbonyl (C=O) groups excluding carboxylic acids is 1. The van der Waals surface area contributed by atoms with Crippen molar-refractivity contribution in [2.45, 2.75) is 31.7 Å². The number of nitrogen functional groups attached to an aromatic ring is 1. The molecule has 0 aliphatic carbocycles. The summed E-state index contributed by atoms with van der Waals surface area (Å²) < 4.78 is 7.11. The summed E-state index contributed by atoms with van der Waals surface area (Å²) in [7, 11) is 1.42. The first-order chi connectivity index (χ1) is 12.5. The van der Waals surface area contributed by atoms with Crippen molar-refractivity contribution in [3.8, 4) is 0 Å². The fourth-order valence-electron chi connectivity index (χ4n) is 3.69. The van der Waals surface area contributed by atoms with Gasteiger partial charge in [0.2, 0.25) is 0 Å². The highest BCUT2D eigenvalue weighted by atomic mass is 35.5. The normalized spacial score (nSPS) is 13.5. The maximum absolute atomic E-state index is 11.9. The lowest BCUT2D eigenvalue weighted by Crippen LogP contribution is -2.34. The van der Waals surface area contributed by atoms with Crippen molar-refractivity contribution in [3.63, 3.8) is 0 Å². The highest BCUT2D eigenvalue weighted by Crippen LogP contribution is 2.39. The number of benzene rings is 2. The minimum absolute atomic E-state index is 0.215. The van der Waals surface area contributed by atoms with Gasteiger partial charge in [0.1, 0.15) is 0 Å². The largest absolute Gasteiger partial charge is 0.469 e. The maximum Gasteiger partial charge on any atom is 0.305 e. The molecule has 4 nitrogen and oxygen atoms in total. The maximum atomic E-state index is 11.9. The lowest BCUT2D eigenvalue weighted by atomic mass is 9.82. The Bertz CT molecular complexity index is 917. The Morgan fingerprint density at radius 1 is 1.19 bits per heavy atom. The molecule has 1 atom stereocenters. The highest BCUT2D eigenvalue weighted by molar-refractivity contribution is 6.30. The quantitative estimate of drug-likeness (QED) is 0.491. The molecule has 2 aromatic carbocycles. The van der Waals surface area contributed by atoms with Gasteiger partial charge in [-0.05, 0) is 48.7 Å². The van der Waals surface area contributed by atoms with Gasteiger partial charge in [0.05, 0.1) is 18.2 Å².